The van der Waals surface area contributed by atoms with E-state index in [9.17, 15) is 9.59 Å². The maximum absolute atomic E-state index is 11.3. The number of rotatable bonds is 10. The predicted octanol–water partition coefficient (Wildman–Crippen LogP) is 3.48. The van der Waals surface area contributed by atoms with Crippen LogP contribution in [0, 0.1) is 0 Å². The second-order valence-corrected chi connectivity index (χ2v) is 5.88. The zero-order valence-corrected chi connectivity index (χ0v) is 15.4. The van der Waals surface area contributed by atoms with E-state index in [1.54, 1.807) is 6.08 Å². The normalized spacial score (nSPS) is 14.3. The molecule has 0 spiro atoms. The van der Waals surface area contributed by atoms with Crippen molar-refractivity contribution in [3.8, 4) is 0 Å². The van der Waals surface area contributed by atoms with Gasteiger partial charge in [-0.3, -0.25) is 9.59 Å². The first-order valence-corrected chi connectivity index (χ1v) is 8.15. The summed E-state index contributed by atoms with van der Waals surface area (Å²) in [5, 5.41) is 8.85. The summed E-state index contributed by atoms with van der Waals surface area (Å²) in [7, 11) is 0. The van der Waals surface area contributed by atoms with E-state index in [1.807, 2.05) is 26.8 Å². The summed E-state index contributed by atoms with van der Waals surface area (Å²) < 4.78 is 10.3. The number of ether oxygens (including phenoxy) is 2. The van der Waals surface area contributed by atoms with Crippen LogP contribution in [0.5, 0.6) is 0 Å². The highest BCUT2D eigenvalue weighted by atomic mass is 16.5. The smallest absolute Gasteiger partial charge is 0.303 e. The molecule has 0 aliphatic heterocycles. The second kappa shape index (κ2) is 12.5. The maximum Gasteiger partial charge on any atom is 0.303 e. The molecule has 5 nitrogen and oxygen atoms in total. The maximum atomic E-state index is 11.3. The molecule has 0 rings (SSSR count). The lowest BCUT2D eigenvalue weighted by atomic mass is 10.0. The summed E-state index contributed by atoms with van der Waals surface area (Å²) in [6.45, 7) is 8.85. The largest absolute Gasteiger partial charge is 0.461 e. The van der Waals surface area contributed by atoms with Gasteiger partial charge in [0.05, 0.1) is 6.61 Å². The van der Waals surface area contributed by atoms with Crippen LogP contribution in [0.4, 0.5) is 0 Å². The molecule has 0 unspecified atom stereocenters. The lowest BCUT2D eigenvalue weighted by Gasteiger charge is -2.17. The molecule has 0 aromatic rings. The van der Waals surface area contributed by atoms with Crippen molar-refractivity contribution in [2.75, 3.05) is 13.2 Å². The van der Waals surface area contributed by atoms with Crippen molar-refractivity contribution in [2.45, 2.75) is 60.0 Å². The fourth-order valence-corrected chi connectivity index (χ4v) is 2.03. The summed E-state index contributed by atoms with van der Waals surface area (Å²) in [6, 6.07) is 0. The molecule has 0 amide bonds. The first-order chi connectivity index (χ1) is 11.3. The average Bonchev–Trinajstić information content (AvgIpc) is 2.49. The Morgan fingerprint density at radius 1 is 0.958 bits per heavy atom. The van der Waals surface area contributed by atoms with Gasteiger partial charge in [-0.05, 0) is 44.8 Å². The van der Waals surface area contributed by atoms with E-state index in [0.717, 1.165) is 29.6 Å². The molecule has 136 valence electrons. The van der Waals surface area contributed by atoms with E-state index in [0.29, 0.717) is 6.42 Å². The minimum absolute atomic E-state index is 0.0526. The van der Waals surface area contributed by atoms with E-state index in [-0.39, 0.29) is 31.3 Å². The highest BCUT2D eigenvalue weighted by molar-refractivity contribution is 5.66. The minimum Gasteiger partial charge on any atom is -0.461 e. The van der Waals surface area contributed by atoms with Crippen LogP contribution in [0.3, 0.4) is 0 Å². The molecule has 0 bridgehead atoms. The van der Waals surface area contributed by atoms with Gasteiger partial charge in [-0.15, -0.1) is 0 Å². The van der Waals surface area contributed by atoms with Crippen molar-refractivity contribution < 1.29 is 24.2 Å². The van der Waals surface area contributed by atoms with Gasteiger partial charge in [-0.2, -0.15) is 0 Å². The molecule has 0 saturated heterocycles. The van der Waals surface area contributed by atoms with Crippen LogP contribution < -0.4 is 0 Å². The van der Waals surface area contributed by atoms with E-state index in [4.69, 9.17) is 14.6 Å². The van der Waals surface area contributed by atoms with Crippen LogP contribution in [0.25, 0.3) is 0 Å². The first kappa shape index (κ1) is 22.1. The summed E-state index contributed by atoms with van der Waals surface area (Å²) in [6.07, 6.45) is 7.65. The van der Waals surface area contributed by atoms with Crippen molar-refractivity contribution in [3.63, 3.8) is 0 Å². The van der Waals surface area contributed by atoms with Crippen LogP contribution in [0.1, 0.15) is 53.9 Å². The van der Waals surface area contributed by atoms with Gasteiger partial charge in [0, 0.05) is 20.3 Å². The molecule has 0 saturated carbocycles. The van der Waals surface area contributed by atoms with E-state index in [1.165, 1.54) is 13.8 Å². The fourth-order valence-electron chi connectivity index (χ4n) is 2.03. The Balaban J connectivity index is 4.73. The van der Waals surface area contributed by atoms with Crippen molar-refractivity contribution in [3.05, 3.63) is 34.9 Å². The van der Waals surface area contributed by atoms with Gasteiger partial charge in [0.25, 0.3) is 0 Å². The first-order valence-electron chi connectivity index (χ1n) is 8.15. The predicted molar refractivity (Wildman–Crippen MR) is 94.4 cm³/mol. The Kier molecular flexibility index (Phi) is 11.5. The van der Waals surface area contributed by atoms with Gasteiger partial charge in [0.15, 0.2) is 0 Å². The van der Waals surface area contributed by atoms with Crippen molar-refractivity contribution in [2.24, 2.45) is 0 Å². The molecule has 0 aliphatic carbocycles. The lowest BCUT2D eigenvalue weighted by molar-refractivity contribution is -0.144. The third kappa shape index (κ3) is 11.7. The van der Waals surface area contributed by atoms with Crippen molar-refractivity contribution in [1.82, 2.24) is 0 Å². The molecule has 24 heavy (non-hydrogen) atoms. The number of carbonyl (C=O) groups excluding carboxylic acids is 2. The molecule has 0 fully saturated rings. The monoisotopic (exact) mass is 338 g/mol. The standard InChI is InChI=1S/C19H30O5/c1-14(11-12-20)7-6-8-16(3)19(24-18(5)22)10-9-15(2)13-23-17(4)21/h8-9,11,19-20H,6-7,10,12-13H2,1-5H3/b14-11+,15-9+,16-8+/t19-/m1/s1. The fraction of sp³-hybridized carbons (Fsp3) is 0.579. The second-order valence-electron chi connectivity index (χ2n) is 5.88. The Morgan fingerprint density at radius 3 is 2.17 bits per heavy atom. The Morgan fingerprint density at radius 2 is 1.62 bits per heavy atom. The zero-order chi connectivity index (χ0) is 18.5. The third-order valence-corrected chi connectivity index (χ3v) is 3.44. The number of hydrogen-bond donors (Lipinski definition) is 1. The topological polar surface area (TPSA) is 72.8 Å². The Hall–Kier alpha value is -1.88. The SMILES string of the molecule is CC(=O)OC/C(C)=C/C[C@@H](OC(C)=O)/C(C)=C/CC/C(C)=C/CO. The van der Waals surface area contributed by atoms with Crippen LogP contribution in [-0.4, -0.2) is 36.4 Å². The number of carbonyl (C=O) groups is 2. The average molecular weight is 338 g/mol. The Labute approximate surface area is 145 Å². The molecule has 0 heterocycles. The molecule has 5 heteroatoms. The lowest BCUT2D eigenvalue weighted by Crippen LogP contribution is -2.17. The van der Waals surface area contributed by atoms with Crippen LogP contribution in [0.15, 0.2) is 34.9 Å². The molecule has 0 aromatic heterocycles. The molecular formula is C19H30O5. The number of allylic oxidation sites excluding steroid dienone is 2. The number of esters is 2. The third-order valence-electron chi connectivity index (χ3n) is 3.44. The molecule has 0 aromatic carbocycles. The highest BCUT2D eigenvalue weighted by Crippen LogP contribution is 2.16. The van der Waals surface area contributed by atoms with E-state index < -0.39 is 0 Å². The summed E-state index contributed by atoms with van der Waals surface area (Å²) in [5.41, 5.74) is 3.03. The molecule has 1 N–H and O–H groups in total. The molecule has 0 radical (unpaired) electrons. The minimum atomic E-state index is -0.324. The van der Waals surface area contributed by atoms with Gasteiger partial charge in [-0.25, -0.2) is 0 Å². The number of hydrogen-bond acceptors (Lipinski definition) is 5. The van der Waals surface area contributed by atoms with Crippen molar-refractivity contribution >= 4 is 11.9 Å². The summed E-state index contributed by atoms with van der Waals surface area (Å²) >= 11 is 0. The van der Waals surface area contributed by atoms with Crippen LogP contribution in [-0.2, 0) is 19.1 Å². The number of aliphatic hydroxyl groups is 1. The molecule has 1 atom stereocenters. The van der Waals surface area contributed by atoms with Crippen molar-refractivity contribution in [1.29, 1.82) is 0 Å². The summed E-state index contributed by atoms with van der Waals surface area (Å²) in [5.74, 6) is -0.642. The molecule has 0 aliphatic rings. The van der Waals surface area contributed by atoms with Crippen LogP contribution in [0.2, 0.25) is 0 Å². The summed E-state index contributed by atoms with van der Waals surface area (Å²) in [4.78, 5) is 22.1. The van der Waals surface area contributed by atoms with Gasteiger partial charge < -0.3 is 14.6 Å². The zero-order valence-electron chi connectivity index (χ0n) is 15.4. The van der Waals surface area contributed by atoms with Crippen LogP contribution >= 0.6 is 0 Å². The Bertz CT molecular complexity index is 500. The number of aliphatic hydroxyl groups excluding tert-OH is 1. The van der Waals surface area contributed by atoms with E-state index in [2.05, 4.69) is 6.08 Å². The van der Waals surface area contributed by atoms with E-state index >= 15 is 0 Å². The highest BCUT2D eigenvalue weighted by Gasteiger charge is 2.13. The molecular weight excluding hydrogens is 308 g/mol. The quantitative estimate of drug-likeness (QED) is 0.488. The van der Waals surface area contributed by atoms with Gasteiger partial charge in [0.1, 0.15) is 12.7 Å². The van der Waals surface area contributed by atoms with Gasteiger partial charge in [0.2, 0.25) is 0 Å². The van der Waals surface area contributed by atoms with Gasteiger partial charge in [-0.1, -0.05) is 23.8 Å². The van der Waals surface area contributed by atoms with Gasteiger partial charge >= 0.3 is 11.9 Å².